The molecular formula is C21H19N5O3. The van der Waals surface area contributed by atoms with E-state index in [0.717, 1.165) is 22.3 Å². The van der Waals surface area contributed by atoms with E-state index in [1.807, 2.05) is 50.4 Å². The third-order valence-corrected chi connectivity index (χ3v) is 5.00. The number of carbonyl (C=O) groups is 1. The van der Waals surface area contributed by atoms with Crippen LogP contribution in [0.1, 0.15) is 40.5 Å². The van der Waals surface area contributed by atoms with Crippen molar-refractivity contribution in [2.75, 3.05) is 6.61 Å². The van der Waals surface area contributed by atoms with Crippen LogP contribution in [0.25, 0.3) is 17.1 Å². The summed E-state index contributed by atoms with van der Waals surface area (Å²) in [5, 5.41) is 11.1. The number of amides is 1. The Morgan fingerprint density at radius 2 is 2.17 bits per heavy atom. The van der Waals surface area contributed by atoms with Gasteiger partial charge in [0, 0.05) is 23.7 Å². The molecule has 4 heterocycles. The van der Waals surface area contributed by atoms with Gasteiger partial charge >= 0.3 is 0 Å². The SMILES string of the molecule is CCc1nnc(-c2ccc3c(c2)OC[C@H]3NC(=O)c2cnc3ccc(C)cn23)o1. The molecule has 29 heavy (non-hydrogen) atoms. The van der Waals surface area contributed by atoms with Crippen molar-refractivity contribution < 1.29 is 13.9 Å². The molecule has 0 unspecified atom stereocenters. The first-order valence-corrected chi connectivity index (χ1v) is 9.46. The minimum atomic E-state index is -0.240. The Labute approximate surface area is 166 Å². The van der Waals surface area contributed by atoms with Gasteiger partial charge in [0.25, 0.3) is 5.91 Å². The summed E-state index contributed by atoms with van der Waals surface area (Å²) < 4.78 is 13.2. The predicted octanol–water partition coefficient (Wildman–Crippen LogP) is 3.12. The van der Waals surface area contributed by atoms with Gasteiger partial charge in [-0.15, -0.1) is 10.2 Å². The largest absolute Gasteiger partial charge is 0.491 e. The normalized spacial score (nSPS) is 15.3. The Kier molecular flexibility index (Phi) is 4.04. The van der Waals surface area contributed by atoms with Crippen LogP contribution >= 0.6 is 0 Å². The van der Waals surface area contributed by atoms with Crippen LogP contribution in [0.2, 0.25) is 0 Å². The lowest BCUT2D eigenvalue weighted by Crippen LogP contribution is -2.30. The molecular weight excluding hydrogens is 370 g/mol. The maximum atomic E-state index is 12.9. The molecule has 8 heteroatoms. The third-order valence-electron chi connectivity index (χ3n) is 5.00. The van der Waals surface area contributed by atoms with E-state index in [0.29, 0.717) is 36.3 Å². The van der Waals surface area contributed by atoms with Gasteiger partial charge < -0.3 is 14.5 Å². The number of nitrogens with zero attached hydrogens (tertiary/aromatic N) is 4. The highest BCUT2D eigenvalue weighted by atomic mass is 16.5. The standard InChI is InChI=1S/C21H19N5O3/c1-3-19-24-25-21(29-19)13-5-6-14-15(11-28-17(14)8-13)23-20(27)16-9-22-18-7-4-12(2)10-26(16)18/h4-10,15H,3,11H2,1-2H3,(H,23,27)/t15-/m1/s1. The number of fused-ring (bicyclic) bond motifs is 2. The molecule has 146 valence electrons. The van der Waals surface area contributed by atoms with Gasteiger partial charge in [0.2, 0.25) is 11.8 Å². The number of rotatable bonds is 4. The molecule has 8 nitrogen and oxygen atoms in total. The van der Waals surface area contributed by atoms with Gasteiger partial charge in [0.05, 0.1) is 12.2 Å². The maximum Gasteiger partial charge on any atom is 0.270 e. The summed E-state index contributed by atoms with van der Waals surface area (Å²) in [5.74, 6) is 1.56. The average molecular weight is 389 g/mol. The zero-order valence-corrected chi connectivity index (χ0v) is 16.0. The molecule has 1 amide bonds. The molecule has 0 bridgehead atoms. The van der Waals surface area contributed by atoms with Crippen LogP contribution in [0.5, 0.6) is 5.75 Å². The monoisotopic (exact) mass is 389 g/mol. The van der Waals surface area contributed by atoms with Crippen LogP contribution in [0.3, 0.4) is 0 Å². The molecule has 0 saturated carbocycles. The molecule has 0 fully saturated rings. The smallest absolute Gasteiger partial charge is 0.270 e. The second-order valence-electron chi connectivity index (χ2n) is 7.02. The lowest BCUT2D eigenvalue weighted by Gasteiger charge is -2.12. The second kappa shape index (κ2) is 6.73. The molecule has 0 radical (unpaired) electrons. The summed E-state index contributed by atoms with van der Waals surface area (Å²) in [4.78, 5) is 17.2. The Bertz CT molecular complexity index is 1230. The Morgan fingerprint density at radius 3 is 3.00 bits per heavy atom. The molecule has 4 aromatic rings. The number of hydrogen-bond acceptors (Lipinski definition) is 6. The van der Waals surface area contributed by atoms with Crippen molar-refractivity contribution in [2.24, 2.45) is 0 Å². The van der Waals surface area contributed by atoms with Crippen LogP contribution in [0.15, 0.2) is 47.1 Å². The van der Waals surface area contributed by atoms with Crippen molar-refractivity contribution in [3.05, 3.63) is 65.4 Å². The van der Waals surface area contributed by atoms with Crippen LogP contribution in [-0.2, 0) is 6.42 Å². The first-order chi connectivity index (χ1) is 14.1. The number of nitrogens with one attached hydrogen (secondary N) is 1. The topological polar surface area (TPSA) is 94.6 Å². The number of aryl methyl sites for hydroxylation is 2. The second-order valence-corrected chi connectivity index (χ2v) is 7.02. The van der Waals surface area contributed by atoms with Crippen LogP contribution < -0.4 is 10.1 Å². The van der Waals surface area contributed by atoms with Crippen molar-refractivity contribution in [2.45, 2.75) is 26.3 Å². The highest BCUT2D eigenvalue weighted by Gasteiger charge is 2.28. The Hall–Kier alpha value is -3.68. The molecule has 5 rings (SSSR count). The van der Waals surface area contributed by atoms with Gasteiger partial charge in [0.1, 0.15) is 23.7 Å². The quantitative estimate of drug-likeness (QED) is 0.576. The fourth-order valence-corrected chi connectivity index (χ4v) is 3.46. The maximum absolute atomic E-state index is 12.9. The number of pyridine rings is 1. The first-order valence-electron chi connectivity index (χ1n) is 9.46. The van der Waals surface area contributed by atoms with E-state index < -0.39 is 0 Å². The molecule has 3 aromatic heterocycles. The average Bonchev–Trinajstić information content (AvgIpc) is 3.45. The molecule has 0 aliphatic carbocycles. The molecule has 1 aromatic carbocycles. The lowest BCUT2D eigenvalue weighted by molar-refractivity contribution is 0.0924. The van der Waals surface area contributed by atoms with Crippen molar-refractivity contribution in [1.82, 2.24) is 24.9 Å². The van der Waals surface area contributed by atoms with Gasteiger partial charge in [-0.3, -0.25) is 9.20 Å². The van der Waals surface area contributed by atoms with Crippen molar-refractivity contribution in [3.8, 4) is 17.2 Å². The third kappa shape index (κ3) is 3.02. The summed E-state index contributed by atoms with van der Waals surface area (Å²) >= 11 is 0. The van der Waals surface area contributed by atoms with Crippen molar-refractivity contribution in [3.63, 3.8) is 0 Å². The molecule has 1 aliphatic rings. The van der Waals surface area contributed by atoms with Gasteiger partial charge in [0.15, 0.2) is 0 Å². The number of benzene rings is 1. The summed E-state index contributed by atoms with van der Waals surface area (Å²) in [7, 11) is 0. The van der Waals surface area contributed by atoms with E-state index in [1.54, 1.807) is 10.6 Å². The number of imidazole rings is 1. The summed E-state index contributed by atoms with van der Waals surface area (Å²) in [6, 6.07) is 9.31. The molecule has 1 aliphatic heterocycles. The van der Waals surface area contributed by atoms with E-state index in [2.05, 4.69) is 20.5 Å². The summed E-state index contributed by atoms with van der Waals surface area (Å²) in [6.07, 6.45) is 4.17. The van der Waals surface area contributed by atoms with Crippen molar-refractivity contribution in [1.29, 1.82) is 0 Å². The zero-order chi connectivity index (χ0) is 20.0. The molecule has 1 N–H and O–H groups in total. The van der Waals surface area contributed by atoms with Gasteiger partial charge in [-0.1, -0.05) is 19.1 Å². The number of aromatic nitrogens is 4. The predicted molar refractivity (Wildman–Crippen MR) is 105 cm³/mol. The van der Waals surface area contributed by atoms with E-state index >= 15 is 0 Å². The molecule has 1 atom stereocenters. The Balaban J connectivity index is 1.39. The van der Waals surface area contributed by atoms with Gasteiger partial charge in [-0.25, -0.2) is 4.98 Å². The van der Waals surface area contributed by atoms with E-state index in [9.17, 15) is 4.79 Å². The van der Waals surface area contributed by atoms with E-state index in [1.165, 1.54) is 0 Å². The summed E-state index contributed by atoms with van der Waals surface area (Å²) in [5.41, 5.74) is 3.99. The van der Waals surface area contributed by atoms with Crippen LogP contribution in [-0.4, -0.2) is 32.1 Å². The van der Waals surface area contributed by atoms with Crippen LogP contribution in [0, 0.1) is 6.92 Å². The highest BCUT2D eigenvalue weighted by Crippen LogP contribution is 2.35. The molecule has 0 saturated heterocycles. The minimum Gasteiger partial charge on any atom is -0.491 e. The first kappa shape index (κ1) is 17.4. The Morgan fingerprint density at radius 1 is 1.28 bits per heavy atom. The summed E-state index contributed by atoms with van der Waals surface area (Å²) in [6.45, 7) is 4.30. The fraction of sp³-hybridized carbons (Fsp3) is 0.238. The number of carbonyl (C=O) groups excluding carboxylic acids is 1. The van der Waals surface area contributed by atoms with Gasteiger partial charge in [-0.05, 0) is 30.7 Å². The van der Waals surface area contributed by atoms with Gasteiger partial charge in [-0.2, -0.15) is 0 Å². The van der Waals surface area contributed by atoms with E-state index in [-0.39, 0.29) is 11.9 Å². The highest BCUT2D eigenvalue weighted by molar-refractivity contribution is 5.93. The van der Waals surface area contributed by atoms with Crippen molar-refractivity contribution >= 4 is 11.6 Å². The fourth-order valence-electron chi connectivity index (χ4n) is 3.46. The minimum absolute atomic E-state index is 0.196. The number of hydrogen-bond donors (Lipinski definition) is 1. The van der Waals surface area contributed by atoms with Crippen LogP contribution in [0.4, 0.5) is 0 Å². The zero-order valence-electron chi connectivity index (χ0n) is 16.0. The number of ether oxygens (including phenoxy) is 1. The van der Waals surface area contributed by atoms with E-state index in [4.69, 9.17) is 9.15 Å². The lowest BCUT2D eigenvalue weighted by atomic mass is 10.1. The molecule has 0 spiro atoms.